The molecule has 27 heavy (non-hydrogen) atoms. The smallest absolute Gasteiger partial charge is 0.223 e. The number of carbonyl (C=O) groups excluding carboxylic acids is 1. The van der Waals surface area contributed by atoms with Crippen LogP contribution in [0.5, 0.6) is 0 Å². The summed E-state index contributed by atoms with van der Waals surface area (Å²) in [5.41, 5.74) is 1.21. The van der Waals surface area contributed by atoms with Crippen LogP contribution in [-0.2, 0) is 9.53 Å². The van der Waals surface area contributed by atoms with Gasteiger partial charge in [-0.1, -0.05) is 37.6 Å². The summed E-state index contributed by atoms with van der Waals surface area (Å²) in [4.78, 5) is 17.5. The molecule has 1 amide bonds. The molecule has 0 N–H and O–H groups in total. The largest absolute Gasteiger partial charge is 0.379 e. The third-order valence-corrected chi connectivity index (χ3v) is 6.34. The number of hydrogen-bond donors (Lipinski definition) is 0. The van der Waals surface area contributed by atoms with Crippen LogP contribution >= 0.6 is 11.6 Å². The standard InChI is InChI=1S/C22H33ClN2O2/c1-17(2)21(19-3-5-20(23)6-4-19)15-22(26)25-9-7-18(8-10-25)16-24-11-13-27-14-12-24/h3-6,17-18,21H,7-16H2,1-2H3. The lowest BCUT2D eigenvalue weighted by atomic mass is 9.85. The lowest BCUT2D eigenvalue weighted by molar-refractivity contribution is -0.133. The van der Waals surface area contributed by atoms with Crippen LogP contribution in [0, 0.1) is 11.8 Å². The number of nitrogens with zero attached hydrogens (tertiary/aromatic N) is 2. The van der Waals surface area contributed by atoms with E-state index in [0.29, 0.717) is 24.2 Å². The maximum absolute atomic E-state index is 12.9. The van der Waals surface area contributed by atoms with Gasteiger partial charge in [-0.2, -0.15) is 0 Å². The molecule has 2 saturated heterocycles. The quantitative estimate of drug-likeness (QED) is 0.732. The molecule has 0 aromatic heterocycles. The van der Waals surface area contributed by atoms with E-state index in [9.17, 15) is 4.79 Å². The van der Waals surface area contributed by atoms with Gasteiger partial charge in [-0.3, -0.25) is 9.69 Å². The van der Waals surface area contributed by atoms with Gasteiger partial charge in [-0.05, 0) is 48.3 Å². The fourth-order valence-electron chi connectivity index (χ4n) is 4.28. The zero-order valence-electron chi connectivity index (χ0n) is 16.7. The Morgan fingerprint density at radius 1 is 1.11 bits per heavy atom. The second kappa shape index (κ2) is 9.90. The van der Waals surface area contributed by atoms with Gasteiger partial charge in [0.1, 0.15) is 0 Å². The molecule has 1 unspecified atom stereocenters. The summed E-state index contributed by atoms with van der Waals surface area (Å²) in [5, 5.41) is 0.745. The monoisotopic (exact) mass is 392 g/mol. The molecule has 5 heteroatoms. The molecular formula is C22H33ClN2O2. The van der Waals surface area contributed by atoms with Gasteiger partial charge < -0.3 is 9.64 Å². The Balaban J connectivity index is 1.49. The van der Waals surface area contributed by atoms with Crippen molar-refractivity contribution in [2.75, 3.05) is 45.9 Å². The molecule has 0 spiro atoms. The highest BCUT2D eigenvalue weighted by Gasteiger charge is 2.27. The van der Waals surface area contributed by atoms with Crippen LogP contribution in [0.25, 0.3) is 0 Å². The van der Waals surface area contributed by atoms with Crippen LogP contribution < -0.4 is 0 Å². The van der Waals surface area contributed by atoms with Crippen molar-refractivity contribution in [2.24, 2.45) is 11.8 Å². The number of halogens is 1. The van der Waals surface area contributed by atoms with Crippen molar-refractivity contribution >= 4 is 17.5 Å². The Kier molecular flexibility index (Phi) is 7.57. The number of likely N-dealkylation sites (tertiary alicyclic amines) is 1. The van der Waals surface area contributed by atoms with E-state index in [-0.39, 0.29) is 5.92 Å². The van der Waals surface area contributed by atoms with E-state index < -0.39 is 0 Å². The van der Waals surface area contributed by atoms with Crippen LogP contribution in [0.3, 0.4) is 0 Å². The predicted octanol–water partition coefficient (Wildman–Crippen LogP) is 4.04. The molecule has 2 fully saturated rings. The summed E-state index contributed by atoms with van der Waals surface area (Å²) in [5.74, 6) is 1.69. The van der Waals surface area contributed by atoms with E-state index >= 15 is 0 Å². The highest BCUT2D eigenvalue weighted by molar-refractivity contribution is 6.30. The fourth-order valence-corrected chi connectivity index (χ4v) is 4.41. The van der Waals surface area contributed by atoms with Gasteiger partial charge in [-0.15, -0.1) is 0 Å². The van der Waals surface area contributed by atoms with Crippen molar-refractivity contribution < 1.29 is 9.53 Å². The molecular weight excluding hydrogens is 360 g/mol. The highest BCUT2D eigenvalue weighted by Crippen LogP contribution is 2.30. The summed E-state index contributed by atoms with van der Waals surface area (Å²) < 4.78 is 5.43. The minimum Gasteiger partial charge on any atom is -0.379 e. The van der Waals surface area contributed by atoms with Crippen molar-refractivity contribution in [3.63, 3.8) is 0 Å². The maximum Gasteiger partial charge on any atom is 0.223 e. The van der Waals surface area contributed by atoms with Crippen LogP contribution in [0.15, 0.2) is 24.3 Å². The second-order valence-corrected chi connectivity index (χ2v) is 8.78. The van der Waals surface area contributed by atoms with Crippen LogP contribution in [0.4, 0.5) is 0 Å². The maximum atomic E-state index is 12.9. The topological polar surface area (TPSA) is 32.8 Å². The molecule has 1 aromatic carbocycles. The first-order valence-electron chi connectivity index (χ1n) is 10.4. The lowest BCUT2D eigenvalue weighted by Gasteiger charge is -2.36. The normalized spacial score (nSPS) is 20.8. The van der Waals surface area contributed by atoms with E-state index in [1.54, 1.807) is 0 Å². The van der Waals surface area contributed by atoms with Gasteiger partial charge in [0.15, 0.2) is 0 Å². The number of amides is 1. The van der Waals surface area contributed by atoms with Crippen molar-refractivity contribution in [3.05, 3.63) is 34.9 Å². The SMILES string of the molecule is CC(C)C(CC(=O)N1CCC(CN2CCOCC2)CC1)c1ccc(Cl)cc1. The van der Waals surface area contributed by atoms with Crippen LogP contribution in [0.1, 0.15) is 44.6 Å². The van der Waals surface area contributed by atoms with Gasteiger partial charge in [0.25, 0.3) is 0 Å². The third-order valence-electron chi connectivity index (χ3n) is 6.08. The average Bonchev–Trinajstić information content (AvgIpc) is 2.68. The minimum absolute atomic E-state index is 0.251. The Labute approximate surface area is 168 Å². The minimum atomic E-state index is 0.251. The second-order valence-electron chi connectivity index (χ2n) is 8.34. The zero-order chi connectivity index (χ0) is 19.2. The molecule has 2 aliphatic heterocycles. The molecule has 0 aliphatic carbocycles. The van der Waals surface area contributed by atoms with Crippen molar-refractivity contribution in [1.82, 2.24) is 9.80 Å². The molecule has 2 aliphatic rings. The molecule has 3 rings (SSSR count). The van der Waals surface area contributed by atoms with E-state index in [0.717, 1.165) is 63.8 Å². The van der Waals surface area contributed by atoms with Crippen molar-refractivity contribution in [2.45, 2.75) is 39.0 Å². The third kappa shape index (κ3) is 5.94. The first kappa shape index (κ1) is 20.6. The number of benzene rings is 1. The Morgan fingerprint density at radius 2 is 1.74 bits per heavy atom. The molecule has 4 nitrogen and oxygen atoms in total. The molecule has 0 radical (unpaired) electrons. The van der Waals surface area contributed by atoms with Gasteiger partial charge in [0.2, 0.25) is 5.91 Å². The van der Waals surface area contributed by atoms with Gasteiger partial charge in [-0.25, -0.2) is 0 Å². The first-order chi connectivity index (χ1) is 13.0. The molecule has 1 aromatic rings. The number of ether oxygens (including phenoxy) is 1. The molecule has 1 atom stereocenters. The number of morpholine rings is 1. The van der Waals surface area contributed by atoms with Gasteiger partial charge in [0.05, 0.1) is 13.2 Å². The molecule has 2 heterocycles. The van der Waals surface area contributed by atoms with E-state index in [2.05, 4.69) is 35.8 Å². The van der Waals surface area contributed by atoms with E-state index in [1.807, 2.05) is 12.1 Å². The number of piperidine rings is 1. The molecule has 150 valence electrons. The summed E-state index contributed by atoms with van der Waals surface area (Å²) in [7, 11) is 0. The fraction of sp³-hybridized carbons (Fsp3) is 0.682. The number of rotatable bonds is 6. The Bertz CT molecular complexity index is 591. The van der Waals surface area contributed by atoms with Gasteiger partial charge >= 0.3 is 0 Å². The van der Waals surface area contributed by atoms with E-state index in [4.69, 9.17) is 16.3 Å². The molecule has 0 saturated carbocycles. The van der Waals surface area contributed by atoms with Crippen molar-refractivity contribution in [3.8, 4) is 0 Å². The summed E-state index contributed by atoms with van der Waals surface area (Å²) in [6, 6.07) is 7.98. The number of hydrogen-bond acceptors (Lipinski definition) is 3. The molecule has 0 bridgehead atoms. The average molecular weight is 393 g/mol. The predicted molar refractivity (Wildman–Crippen MR) is 110 cm³/mol. The van der Waals surface area contributed by atoms with Crippen LogP contribution in [0.2, 0.25) is 5.02 Å². The zero-order valence-corrected chi connectivity index (χ0v) is 17.5. The number of carbonyl (C=O) groups is 1. The Morgan fingerprint density at radius 3 is 2.33 bits per heavy atom. The van der Waals surface area contributed by atoms with Crippen molar-refractivity contribution in [1.29, 1.82) is 0 Å². The lowest BCUT2D eigenvalue weighted by Crippen LogP contribution is -2.44. The summed E-state index contributed by atoms with van der Waals surface area (Å²) in [6.07, 6.45) is 2.83. The first-order valence-corrected chi connectivity index (χ1v) is 10.7. The van der Waals surface area contributed by atoms with E-state index in [1.165, 1.54) is 5.56 Å². The summed E-state index contributed by atoms with van der Waals surface area (Å²) >= 11 is 6.02. The highest BCUT2D eigenvalue weighted by atomic mass is 35.5. The summed E-state index contributed by atoms with van der Waals surface area (Å²) in [6.45, 7) is 11.2. The Hall–Kier alpha value is -1.10. The van der Waals surface area contributed by atoms with Crippen LogP contribution in [-0.4, -0.2) is 61.6 Å². The van der Waals surface area contributed by atoms with Gasteiger partial charge in [0, 0.05) is 44.2 Å².